The van der Waals surface area contributed by atoms with E-state index in [9.17, 15) is 14.4 Å². The van der Waals surface area contributed by atoms with Gasteiger partial charge < -0.3 is 10.6 Å². The molecule has 0 aliphatic heterocycles. The van der Waals surface area contributed by atoms with Gasteiger partial charge in [0.2, 0.25) is 5.78 Å². The van der Waals surface area contributed by atoms with Gasteiger partial charge in [0.15, 0.2) is 0 Å². The highest BCUT2D eigenvalue weighted by Crippen LogP contribution is 2.22. The Kier molecular flexibility index (Phi) is 6.86. The SMILES string of the molecule is CCCn1c(N)c(C(=O)C[NH+](C)Cc2ccc(Cl)c(Cl)c2)c(=O)n(C)c1=O. The zero-order valence-electron chi connectivity index (χ0n) is 15.5. The lowest BCUT2D eigenvalue weighted by Crippen LogP contribution is -3.08. The molecule has 0 saturated carbocycles. The monoisotopic (exact) mass is 413 g/mol. The Bertz CT molecular complexity index is 982. The highest BCUT2D eigenvalue weighted by molar-refractivity contribution is 6.42. The second-order valence-electron chi connectivity index (χ2n) is 6.54. The van der Waals surface area contributed by atoms with Crippen molar-refractivity contribution in [3.05, 3.63) is 60.2 Å². The fourth-order valence-corrected chi connectivity index (χ4v) is 3.23. The van der Waals surface area contributed by atoms with E-state index in [1.807, 2.05) is 20.0 Å². The van der Waals surface area contributed by atoms with Crippen molar-refractivity contribution in [1.29, 1.82) is 0 Å². The molecular formula is C18H23Cl2N4O3+. The largest absolute Gasteiger partial charge is 0.384 e. The van der Waals surface area contributed by atoms with Crippen LogP contribution in [0.4, 0.5) is 5.82 Å². The number of anilines is 1. The number of benzene rings is 1. The van der Waals surface area contributed by atoms with Gasteiger partial charge in [-0.25, -0.2) is 4.79 Å². The molecule has 9 heteroatoms. The minimum atomic E-state index is -0.669. The molecule has 0 bridgehead atoms. The van der Waals surface area contributed by atoms with Gasteiger partial charge >= 0.3 is 5.69 Å². The van der Waals surface area contributed by atoms with Crippen LogP contribution in [0.15, 0.2) is 27.8 Å². The van der Waals surface area contributed by atoms with Gasteiger partial charge in [-0.05, 0) is 18.6 Å². The number of carbonyl (C=O) groups is 1. The smallest absolute Gasteiger partial charge is 0.332 e. The molecule has 3 N–H and O–H groups in total. The van der Waals surface area contributed by atoms with Crippen LogP contribution >= 0.6 is 23.2 Å². The van der Waals surface area contributed by atoms with Crippen LogP contribution in [-0.4, -0.2) is 28.5 Å². The highest BCUT2D eigenvalue weighted by atomic mass is 35.5. The number of likely N-dealkylation sites (N-methyl/N-ethyl adjacent to an activating group) is 1. The molecule has 2 rings (SSSR count). The summed E-state index contributed by atoms with van der Waals surface area (Å²) in [4.78, 5) is 38.2. The third-order valence-electron chi connectivity index (χ3n) is 4.26. The molecule has 0 aliphatic carbocycles. The van der Waals surface area contributed by atoms with E-state index in [1.54, 1.807) is 12.1 Å². The first-order chi connectivity index (χ1) is 12.7. The number of hydrogen-bond donors (Lipinski definition) is 2. The lowest BCUT2D eigenvalue weighted by atomic mass is 10.1. The number of rotatable bonds is 7. The fraction of sp³-hybridized carbons (Fsp3) is 0.389. The molecule has 0 radical (unpaired) electrons. The van der Waals surface area contributed by atoms with Crippen LogP contribution in [0.2, 0.25) is 10.0 Å². The molecule has 0 aliphatic rings. The van der Waals surface area contributed by atoms with E-state index >= 15 is 0 Å². The first kappa shape index (κ1) is 21.2. The topological polar surface area (TPSA) is 91.5 Å². The molecule has 2 aromatic rings. The number of nitrogens with two attached hydrogens (primary N) is 1. The van der Waals surface area contributed by atoms with E-state index < -0.39 is 17.0 Å². The normalized spacial score (nSPS) is 12.2. The van der Waals surface area contributed by atoms with Gasteiger partial charge in [0.1, 0.15) is 24.5 Å². The summed E-state index contributed by atoms with van der Waals surface area (Å²) in [6.07, 6.45) is 0.651. The molecule has 0 saturated heterocycles. The Balaban J connectivity index is 2.28. The van der Waals surface area contributed by atoms with Crippen LogP contribution in [-0.2, 0) is 20.1 Å². The van der Waals surface area contributed by atoms with Crippen molar-refractivity contribution in [2.45, 2.75) is 26.4 Å². The number of quaternary nitrogens is 1. The summed E-state index contributed by atoms with van der Waals surface area (Å²) in [6.45, 7) is 2.78. The maximum atomic E-state index is 12.8. The van der Waals surface area contributed by atoms with Gasteiger partial charge in [-0.3, -0.25) is 18.7 Å². The maximum absolute atomic E-state index is 12.8. The lowest BCUT2D eigenvalue weighted by molar-refractivity contribution is -0.884. The quantitative estimate of drug-likeness (QED) is 0.654. The predicted octanol–water partition coefficient (Wildman–Crippen LogP) is 0.744. The minimum Gasteiger partial charge on any atom is -0.384 e. The molecule has 1 heterocycles. The van der Waals surface area contributed by atoms with Gasteiger partial charge in [-0.2, -0.15) is 0 Å². The van der Waals surface area contributed by atoms with Gasteiger partial charge in [0.25, 0.3) is 5.56 Å². The molecule has 1 unspecified atom stereocenters. The van der Waals surface area contributed by atoms with Crippen molar-refractivity contribution in [2.24, 2.45) is 7.05 Å². The number of nitrogen functional groups attached to an aromatic ring is 1. The molecule has 0 amide bonds. The summed E-state index contributed by atoms with van der Waals surface area (Å²) in [7, 11) is 3.17. The summed E-state index contributed by atoms with van der Waals surface area (Å²) in [6, 6.07) is 5.27. The fourth-order valence-electron chi connectivity index (χ4n) is 2.91. The van der Waals surface area contributed by atoms with Crippen molar-refractivity contribution in [3.63, 3.8) is 0 Å². The lowest BCUT2D eigenvalue weighted by Gasteiger charge is -2.16. The van der Waals surface area contributed by atoms with E-state index in [1.165, 1.54) is 11.6 Å². The van der Waals surface area contributed by atoms with Crippen LogP contribution in [0.25, 0.3) is 0 Å². The Morgan fingerprint density at radius 3 is 2.48 bits per heavy atom. The molecular weight excluding hydrogens is 391 g/mol. The van der Waals surface area contributed by atoms with Crippen molar-refractivity contribution < 1.29 is 9.69 Å². The standard InChI is InChI=1S/C18H22Cl2N4O3/c1-4-7-24-16(21)15(17(26)23(3)18(24)27)14(25)10-22(2)9-11-5-6-12(19)13(20)8-11/h5-6,8H,4,7,9-10,21H2,1-3H3/p+1. The Morgan fingerprint density at radius 1 is 1.22 bits per heavy atom. The number of carbonyl (C=O) groups excluding carboxylic acids is 1. The summed E-state index contributed by atoms with van der Waals surface area (Å²) >= 11 is 11.9. The van der Waals surface area contributed by atoms with Gasteiger partial charge in [0, 0.05) is 19.2 Å². The van der Waals surface area contributed by atoms with Crippen molar-refractivity contribution in [1.82, 2.24) is 9.13 Å². The number of halogens is 2. The third-order valence-corrected chi connectivity index (χ3v) is 5.00. The minimum absolute atomic E-state index is 0.0456. The van der Waals surface area contributed by atoms with Crippen LogP contribution in [0.3, 0.4) is 0 Å². The van der Waals surface area contributed by atoms with Crippen LogP contribution in [0, 0.1) is 0 Å². The molecule has 7 nitrogen and oxygen atoms in total. The van der Waals surface area contributed by atoms with Gasteiger partial charge in [-0.1, -0.05) is 36.2 Å². The second-order valence-corrected chi connectivity index (χ2v) is 7.36. The number of ketones is 1. The second kappa shape index (κ2) is 8.73. The van der Waals surface area contributed by atoms with E-state index in [0.29, 0.717) is 29.6 Å². The van der Waals surface area contributed by atoms with Crippen LogP contribution in [0.1, 0.15) is 29.3 Å². The van der Waals surface area contributed by atoms with Crippen LogP contribution in [0.5, 0.6) is 0 Å². The van der Waals surface area contributed by atoms with Gasteiger partial charge in [-0.15, -0.1) is 0 Å². The average molecular weight is 414 g/mol. The predicted molar refractivity (Wildman–Crippen MR) is 107 cm³/mol. The third kappa shape index (κ3) is 4.61. The van der Waals surface area contributed by atoms with Crippen molar-refractivity contribution >= 4 is 34.8 Å². The zero-order valence-corrected chi connectivity index (χ0v) is 17.0. The summed E-state index contributed by atoms with van der Waals surface area (Å²) in [5, 5.41) is 0.904. The van der Waals surface area contributed by atoms with E-state index in [4.69, 9.17) is 28.9 Å². The number of aromatic nitrogens is 2. The Labute approximate surface area is 166 Å². The average Bonchev–Trinajstić information content (AvgIpc) is 2.60. The van der Waals surface area contributed by atoms with E-state index in [-0.39, 0.29) is 17.9 Å². The van der Waals surface area contributed by atoms with E-state index in [0.717, 1.165) is 15.0 Å². The maximum Gasteiger partial charge on any atom is 0.332 e. The number of Topliss-reactive ketones (excluding diaryl/α,β-unsaturated/α-hetero) is 1. The first-order valence-electron chi connectivity index (χ1n) is 8.55. The molecule has 0 spiro atoms. The van der Waals surface area contributed by atoms with Crippen molar-refractivity contribution in [2.75, 3.05) is 19.3 Å². The Morgan fingerprint density at radius 2 is 1.89 bits per heavy atom. The Hall–Kier alpha value is -2.09. The zero-order chi connectivity index (χ0) is 20.3. The van der Waals surface area contributed by atoms with Crippen LogP contribution < -0.4 is 21.9 Å². The highest BCUT2D eigenvalue weighted by Gasteiger charge is 2.24. The summed E-state index contributed by atoms with van der Waals surface area (Å²) in [5.41, 5.74) is 5.57. The number of hydrogen-bond acceptors (Lipinski definition) is 4. The summed E-state index contributed by atoms with van der Waals surface area (Å²) in [5.74, 6) is -0.479. The number of nitrogens with zero attached hydrogens (tertiary/aromatic N) is 2. The first-order valence-corrected chi connectivity index (χ1v) is 9.30. The number of nitrogens with one attached hydrogen (secondary N) is 1. The molecule has 1 atom stereocenters. The molecule has 1 aromatic heterocycles. The molecule has 0 fully saturated rings. The molecule has 27 heavy (non-hydrogen) atoms. The van der Waals surface area contributed by atoms with Crippen molar-refractivity contribution in [3.8, 4) is 0 Å². The summed E-state index contributed by atoms with van der Waals surface area (Å²) < 4.78 is 2.19. The molecule has 146 valence electrons. The molecule has 1 aromatic carbocycles. The van der Waals surface area contributed by atoms with Gasteiger partial charge in [0.05, 0.1) is 17.1 Å². The van der Waals surface area contributed by atoms with E-state index in [2.05, 4.69) is 0 Å².